The maximum atomic E-state index is 5.89. The summed E-state index contributed by atoms with van der Waals surface area (Å²) >= 11 is 0. The third kappa shape index (κ3) is 4.69. The second kappa shape index (κ2) is 7.64. The molecule has 0 bridgehead atoms. The van der Waals surface area contributed by atoms with Gasteiger partial charge in [0.2, 0.25) is 0 Å². The van der Waals surface area contributed by atoms with Crippen molar-refractivity contribution in [2.45, 2.75) is 62.7 Å². The van der Waals surface area contributed by atoms with Gasteiger partial charge in [-0.3, -0.25) is 0 Å². The van der Waals surface area contributed by atoms with Gasteiger partial charge in [0.15, 0.2) is 18.1 Å². The first kappa shape index (κ1) is 12.8. The molecule has 94 valence electrons. The van der Waals surface area contributed by atoms with Crippen LogP contribution in [0.15, 0.2) is 0 Å². The fraction of sp³-hybridized carbons (Fsp3) is 1.00. The quantitative estimate of drug-likeness (QED) is 0.558. The minimum atomic E-state index is -0.726. The van der Waals surface area contributed by atoms with Gasteiger partial charge in [-0.1, -0.05) is 25.7 Å². The lowest BCUT2D eigenvalue weighted by atomic mass is 10.3. The van der Waals surface area contributed by atoms with Gasteiger partial charge in [0.25, 0.3) is 0 Å². The molecule has 2 rings (SSSR count). The SMILES string of the molecule is C1CC[SiH](CCCC[SiH]2CCCCO2)OC1. The Morgan fingerprint density at radius 1 is 0.688 bits per heavy atom. The molecule has 0 radical (unpaired) electrons. The minimum Gasteiger partial charge on any atom is -0.420 e. The predicted molar refractivity (Wildman–Crippen MR) is 73.1 cm³/mol. The molecular formula is C12H26O2Si2. The van der Waals surface area contributed by atoms with E-state index < -0.39 is 18.1 Å². The molecule has 2 aliphatic heterocycles. The van der Waals surface area contributed by atoms with Crippen LogP contribution >= 0.6 is 0 Å². The number of unbranched alkanes of at least 4 members (excludes halogenated alkanes) is 1. The van der Waals surface area contributed by atoms with Crippen LogP contribution < -0.4 is 0 Å². The lowest BCUT2D eigenvalue weighted by Crippen LogP contribution is -2.24. The van der Waals surface area contributed by atoms with Gasteiger partial charge in [-0.05, 0) is 37.0 Å². The summed E-state index contributed by atoms with van der Waals surface area (Å²) in [5.74, 6) is 0. The van der Waals surface area contributed by atoms with Gasteiger partial charge < -0.3 is 8.85 Å². The molecular weight excluding hydrogens is 232 g/mol. The van der Waals surface area contributed by atoms with E-state index in [-0.39, 0.29) is 0 Å². The van der Waals surface area contributed by atoms with Crippen molar-refractivity contribution in [3.05, 3.63) is 0 Å². The van der Waals surface area contributed by atoms with Crippen molar-refractivity contribution in [3.63, 3.8) is 0 Å². The van der Waals surface area contributed by atoms with E-state index in [0.29, 0.717) is 0 Å². The largest absolute Gasteiger partial charge is 0.420 e. The third-order valence-corrected chi connectivity index (χ3v) is 9.47. The highest BCUT2D eigenvalue weighted by molar-refractivity contribution is 6.52. The summed E-state index contributed by atoms with van der Waals surface area (Å²) in [6, 6.07) is 5.75. The summed E-state index contributed by atoms with van der Waals surface area (Å²) < 4.78 is 11.8. The van der Waals surface area contributed by atoms with Gasteiger partial charge >= 0.3 is 0 Å². The lowest BCUT2D eigenvalue weighted by Gasteiger charge is -2.22. The molecule has 0 aromatic rings. The van der Waals surface area contributed by atoms with Crippen LogP contribution in [0.3, 0.4) is 0 Å². The highest BCUT2D eigenvalue weighted by Gasteiger charge is 2.18. The van der Waals surface area contributed by atoms with Gasteiger partial charge in [0.05, 0.1) is 0 Å². The van der Waals surface area contributed by atoms with Crippen LogP contribution in [0.5, 0.6) is 0 Å². The summed E-state index contributed by atoms with van der Waals surface area (Å²) in [7, 11) is -1.45. The summed E-state index contributed by atoms with van der Waals surface area (Å²) in [6.45, 7) is 2.13. The van der Waals surface area contributed by atoms with Crippen molar-refractivity contribution < 1.29 is 8.85 Å². The maximum absolute atomic E-state index is 5.89. The average molecular weight is 259 g/mol. The predicted octanol–water partition coefficient (Wildman–Crippen LogP) is 2.84. The molecule has 0 saturated carbocycles. The van der Waals surface area contributed by atoms with Crippen molar-refractivity contribution in [2.75, 3.05) is 13.2 Å². The Morgan fingerprint density at radius 3 is 1.56 bits per heavy atom. The molecule has 0 aliphatic carbocycles. The van der Waals surface area contributed by atoms with Crippen LogP contribution in [0.4, 0.5) is 0 Å². The number of rotatable bonds is 5. The number of hydrogen-bond donors (Lipinski definition) is 0. The molecule has 2 saturated heterocycles. The topological polar surface area (TPSA) is 18.5 Å². The van der Waals surface area contributed by atoms with Crippen molar-refractivity contribution >= 4 is 18.1 Å². The second-order valence-electron chi connectivity index (χ2n) is 5.26. The Hall–Kier alpha value is 0.354. The normalized spacial score (nSPS) is 31.5. The van der Waals surface area contributed by atoms with E-state index >= 15 is 0 Å². The summed E-state index contributed by atoms with van der Waals surface area (Å²) in [5, 5.41) is 0. The van der Waals surface area contributed by atoms with E-state index in [0.717, 1.165) is 13.2 Å². The molecule has 0 aromatic carbocycles. The smallest absolute Gasteiger partial charge is 0.176 e. The fourth-order valence-corrected chi connectivity index (χ4v) is 8.03. The van der Waals surface area contributed by atoms with Gasteiger partial charge in [-0.25, -0.2) is 0 Å². The van der Waals surface area contributed by atoms with E-state index in [2.05, 4.69) is 0 Å². The Bertz CT molecular complexity index is 158. The van der Waals surface area contributed by atoms with Crippen LogP contribution in [-0.4, -0.2) is 31.3 Å². The monoisotopic (exact) mass is 258 g/mol. The Kier molecular flexibility index (Phi) is 6.11. The Labute approximate surface area is 103 Å². The molecule has 2 nitrogen and oxygen atoms in total. The van der Waals surface area contributed by atoms with Gasteiger partial charge in [-0.15, -0.1) is 0 Å². The van der Waals surface area contributed by atoms with E-state index in [1.54, 1.807) is 0 Å². The van der Waals surface area contributed by atoms with E-state index in [1.165, 1.54) is 62.7 Å². The van der Waals surface area contributed by atoms with Crippen LogP contribution in [0.2, 0.25) is 24.2 Å². The van der Waals surface area contributed by atoms with Gasteiger partial charge in [0.1, 0.15) is 0 Å². The van der Waals surface area contributed by atoms with E-state index in [9.17, 15) is 0 Å². The fourth-order valence-electron chi connectivity index (χ4n) is 2.81. The molecule has 0 N–H and O–H groups in total. The summed E-state index contributed by atoms with van der Waals surface area (Å²) in [6.07, 6.45) is 8.35. The average Bonchev–Trinajstić information content (AvgIpc) is 2.37. The van der Waals surface area contributed by atoms with Crippen LogP contribution in [0, 0.1) is 0 Å². The van der Waals surface area contributed by atoms with Crippen molar-refractivity contribution in [2.24, 2.45) is 0 Å². The van der Waals surface area contributed by atoms with Crippen LogP contribution in [-0.2, 0) is 8.85 Å². The highest BCUT2D eigenvalue weighted by atomic mass is 28.3. The lowest BCUT2D eigenvalue weighted by molar-refractivity contribution is 0.283. The van der Waals surface area contributed by atoms with Crippen LogP contribution in [0.25, 0.3) is 0 Å². The zero-order valence-corrected chi connectivity index (χ0v) is 12.8. The molecule has 0 amide bonds. The minimum absolute atomic E-state index is 0.726. The Morgan fingerprint density at radius 2 is 1.19 bits per heavy atom. The molecule has 0 spiro atoms. The first-order valence-corrected chi connectivity index (χ1v) is 11.4. The first-order chi connectivity index (χ1) is 7.95. The summed E-state index contributed by atoms with van der Waals surface area (Å²) in [5.41, 5.74) is 0. The van der Waals surface area contributed by atoms with E-state index in [4.69, 9.17) is 8.85 Å². The number of hydrogen-bond acceptors (Lipinski definition) is 2. The van der Waals surface area contributed by atoms with Gasteiger partial charge in [0, 0.05) is 13.2 Å². The molecule has 2 fully saturated rings. The van der Waals surface area contributed by atoms with Crippen molar-refractivity contribution in [3.8, 4) is 0 Å². The third-order valence-electron chi connectivity index (χ3n) is 3.85. The standard InChI is InChI=1S/C12H26O2Si2/c1-3-9-15(13-7-1)11-5-6-12-16-10-4-2-8-14-16/h15-16H,1-12H2. The molecule has 2 unspecified atom stereocenters. The molecule has 4 heteroatoms. The molecule has 16 heavy (non-hydrogen) atoms. The zero-order chi connectivity index (χ0) is 11.1. The van der Waals surface area contributed by atoms with Crippen LogP contribution in [0.1, 0.15) is 38.5 Å². The summed E-state index contributed by atoms with van der Waals surface area (Å²) in [4.78, 5) is 0. The first-order valence-electron chi connectivity index (χ1n) is 7.18. The van der Waals surface area contributed by atoms with E-state index in [1.807, 2.05) is 0 Å². The van der Waals surface area contributed by atoms with Crippen molar-refractivity contribution in [1.82, 2.24) is 0 Å². The molecule has 2 atom stereocenters. The molecule has 0 aromatic heterocycles. The maximum Gasteiger partial charge on any atom is 0.176 e. The highest BCUT2D eigenvalue weighted by Crippen LogP contribution is 2.20. The molecule has 2 heterocycles. The molecule has 2 aliphatic rings. The second-order valence-corrected chi connectivity index (χ2v) is 10.7. The van der Waals surface area contributed by atoms with Crippen molar-refractivity contribution in [1.29, 1.82) is 0 Å². The Balaban J connectivity index is 1.47. The zero-order valence-electron chi connectivity index (χ0n) is 10.5. The van der Waals surface area contributed by atoms with Gasteiger partial charge in [-0.2, -0.15) is 0 Å².